The number of hydrogen-bond acceptors (Lipinski definition) is 6. The number of imide groups is 2. The summed E-state index contributed by atoms with van der Waals surface area (Å²) in [5, 5.41) is 2.23. The number of carbonyl (C=O) groups is 3. The molecule has 0 spiro atoms. The van der Waals surface area contributed by atoms with E-state index in [0.717, 1.165) is 16.0 Å². The summed E-state index contributed by atoms with van der Waals surface area (Å²) >= 11 is 3.50. The van der Waals surface area contributed by atoms with Gasteiger partial charge in [-0.15, -0.1) is 0 Å². The molecule has 8 nitrogen and oxygen atoms in total. The normalized spacial score (nSPS) is 14.5. The van der Waals surface area contributed by atoms with Crippen LogP contribution in [0.1, 0.15) is 23.6 Å². The Morgan fingerprint density at radius 1 is 1.00 bits per heavy atom. The van der Waals surface area contributed by atoms with Gasteiger partial charge in [-0.05, 0) is 83.4 Å². The van der Waals surface area contributed by atoms with Crippen LogP contribution in [0.4, 0.5) is 10.5 Å². The van der Waals surface area contributed by atoms with E-state index in [0.29, 0.717) is 46.2 Å². The molecule has 0 bridgehead atoms. The van der Waals surface area contributed by atoms with Crippen LogP contribution in [-0.4, -0.2) is 31.6 Å². The van der Waals surface area contributed by atoms with Crippen molar-refractivity contribution in [3.8, 4) is 17.2 Å². The summed E-state index contributed by atoms with van der Waals surface area (Å²) in [6.07, 6.45) is 1.41. The van der Waals surface area contributed by atoms with Gasteiger partial charge < -0.3 is 14.2 Å². The molecule has 0 atom stereocenters. The van der Waals surface area contributed by atoms with Crippen LogP contribution in [0.25, 0.3) is 6.08 Å². The van der Waals surface area contributed by atoms with Crippen molar-refractivity contribution < 1.29 is 28.6 Å². The van der Waals surface area contributed by atoms with E-state index in [9.17, 15) is 14.4 Å². The minimum absolute atomic E-state index is 0.198. The molecule has 1 fully saturated rings. The molecule has 1 aliphatic rings. The number of urea groups is 1. The van der Waals surface area contributed by atoms with Crippen molar-refractivity contribution in [3.05, 3.63) is 87.4 Å². The van der Waals surface area contributed by atoms with Gasteiger partial charge in [0.1, 0.15) is 17.9 Å². The summed E-state index contributed by atoms with van der Waals surface area (Å²) in [6, 6.07) is 17.0. The summed E-state index contributed by atoms with van der Waals surface area (Å²) in [7, 11) is 1.50. The maximum atomic E-state index is 13.2. The molecule has 3 aromatic rings. The highest BCUT2D eigenvalue weighted by Crippen LogP contribution is 2.38. The summed E-state index contributed by atoms with van der Waals surface area (Å²) < 4.78 is 17.5. The first kappa shape index (κ1) is 26.0. The van der Waals surface area contributed by atoms with Crippen LogP contribution in [0.15, 0.2) is 70.7 Å². The molecule has 190 valence electrons. The van der Waals surface area contributed by atoms with Gasteiger partial charge in [-0.3, -0.25) is 14.9 Å². The molecule has 4 amide bonds. The molecule has 37 heavy (non-hydrogen) atoms. The number of hydrogen-bond donors (Lipinski definition) is 1. The number of halogens is 1. The fraction of sp³-hybridized carbons (Fsp3) is 0.179. The van der Waals surface area contributed by atoms with Crippen molar-refractivity contribution in [2.24, 2.45) is 0 Å². The van der Waals surface area contributed by atoms with Crippen LogP contribution >= 0.6 is 15.9 Å². The first-order chi connectivity index (χ1) is 17.8. The van der Waals surface area contributed by atoms with Crippen LogP contribution in [0, 0.1) is 6.92 Å². The molecule has 1 saturated heterocycles. The van der Waals surface area contributed by atoms with E-state index in [1.54, 1.807) is 36.4 Å². The van der Waals surface area contributed by atoms with Crippen molar-refractivity contribution in [1.82, 2.24) is 5.32 Å². The summed E-state index contributed by atoms with van der Waals surface area (Å²) in [6.45, 7) is 4.68. The number of rotatable bonds is 8. The van der Waals surface area contributed by atoms with Crippen molar-refractivity contribution >= 4 is 45.5 Å². The number of aryl methyl sites for hydroxylation is 1. The topological polar surface area (TPSA) is 94.2 Å². The van der Waals surface area contributed by atoms with Gasteiger partial charge >= 0.3 is 6.03 Å². The minimum atomic E-state index is -0.824. The Hall–Kier alpha value is -4.11. The number of barbiturate groups is 1. The number of benzene rings is 3. The zero-order valence-electron chi connectivity index (χ0n) is 20.5. The molecule has 1 aliphatic heterocycles. The van der Waals surface area contributed by atoms with Gasteiger partial charge in [0.05, 0.1) is 23.9 Å². The van der Waals surface area contributed by atoms with E-state index in [-0.39, 0.29) is 5.57 Å². The van der Waals surface area contributed by atoms with Crippen molar-refractivity contribution in [2.75, 3.05) is 18.6 Å². The average molecular weight is 565 g/mol. The molecular formula is C28H25BrN2O6. The molecular weight excluding hydrogens is 540 g/mol. The Morgan fingerprint density at radius 2 is 1.76 bits per heavy atom. The summed E-state index contributed by atoms with van der Waals surface area (Å²) in [4.78, 5) is 39.2. The third kappa shape index (κ3) is 5.83. The molecule has 9 heteroatoms. The Bertz CT molecular complexity index is 1380. The molecule has 4 rings (SSSR count). The summed E-state index contributed by atoms with van der Waals surface area (Å²) in [5.41, 5.74) is 2.75. The fourth-order valence-corrected chi connectivity index (χ4v) is 4.41. The molecule has 0 aliphatic carbocycles. The van der Waals surface area contributed by atoms with E-state index in [2.05, 4.69) is 21.2 Å². The fourth-order valence-electron chi connectivity index (χ4n) is 3.84. The second kappa shape index (κ2) is 11.3. The van der Waals surface area contributed by atoms with Crippen molar-refractivity contribution in [3.63, 3.8) is 0 Å². The molecule has 0 unspecified atom stereocenters. The van der Waals surface area contributed by atoms with Gasteiger partial charge in [0, 0.05) is 0 Å². The zero-order valence-corrected chi connectivity index (χ0v) is 22.1. The number of ether oxygens (including phenoxy) is 3. The maximum absolute atomic E-state index is 13.2. The number of methoxy groups -OCH3 is 1. The highest BCUT2D eigenvalue weighted by molar-refractivity contribution is 9.10. The number of nitrogens with one attached hydrogen (secondary N) is 1. The molecule has 0 aromatic heterocycles. The molecule has 0 saturated carbocycles. The minimum Gasteiger partial charge on any atom is -0.494 e. The zero-order chi connectivity index (χ0) is 26.5. The Balaban J connectivity index is 1.61. The highest BCUT2D eigenvalue weighted by atomic mass is 79.9. The van der Waals surface area contributed by atoms with Crippen molar-refractivity contribution in [1.29, 1.82) is 0 Å². The molecule has 3 aromatic carbocycles. The largest absolute Gasteiger partial charge is 0.494 e. The SMILES string of the molecule is CCOc1ccc(N2C(=O)NC(=O)/C(=C\c3cc(Br)c(OCc4cccc(C)c4)c(OC)c3)C2=O)cc1. The molecule has 1 heterocycles. The van der Waals surface area contributed by atoms with Gasteiger partial charge in [-0.25, -0.2) is 9.69 Å². The lowest BCUT2D eigenvalue weighted by Gasteiger charge is -2.26. The van der Waals surface area contributed by atoms with E-state index in [1.165, 1.54) is 13.2 Å². The Morgan fingerprint density at radius 3 is 2.43 bits per heavy atom. The smallest absolute Gasteiger partial charge is 0.335 e. The van der Waals surface area contributed by atoms with E-state index < -0.39 is 17.8 Å². The lowest BCUT2D eigenvalue weighted by molar-refractivity contribution is -0.122. The Labute approximate surface area is 223 Å². The van der Waals surface area contributed by atoms with Gasteiger partial charge in [-0.1, -0.05) is 29.8 Å². The highest BCUT2D eigenvalue weighted by Gasteiger charge is 2.37. The number of anilines is 1. The first-order valence-electron chi connectivity index (χ1n) is 11.5. The third-order valence-corrected chi connectivity index (χ3v) is 6.13. The van der Waals surface area contributed by atoms with Crippen LogP contribution in [-0.2, 0) is 16.2 Å². The lowest BCUT2D eigenvalue weighted by atomic mass is 10.1. The molecule has 1 N–H and O–H groups in total. The van der Waals surface area contributed by atoms with Gasteiger partial charge in [0.2, 0.25) is 0 Å². The van der Waals surface area contributed by atoms with E-state index in [1.807, 2.05) is 38.1 Å². The second-order valence-corrected chi connectivity index (χ2v) is 9.05. The van der Waals surface area contributed by atoms with Crippen molar-refractivity contribution in [2.45, 2.75) is 20.5 Å². The van der Waals surface area contributed by atoms with Crippen LogP contribution in [0.3, 0.4) is 0 Å². The standard InChI is InChI=1S/C28H25BrN2O6/c1-4-36-21-10-8-20(9-11-21)31-27(33)22(26(32)30-28(31)34)13-19-14-23(29)25(24(15-19)35-3)37-16-18-7-5-6-17(2)12-18/h5-15H,4,16H2,1-3H3,(H,30,32,34)/b22-13+. The lowest BCUT2D eigenvalue weighted by Crippen LogP contribution is -2.54. The maximum Gasteiger partial charge on any atom is 0.335 e. The van der Waals surface area contributed by atoms with E-state index >= 15 is 0 Å². The van der Waals surface area contributed by atoms with Crippen LogP contribution < -0.4 is 24.4 Å². The predicted octanol–water partition coefficient (Wildman–Crippen LogP) is 5.41. The van der Waals surface area contributed by atoms with E-state index in [4.69, 9.17) is 14.2 Å². The van der Waals surface area contributed by atoms with Gasteiger partial charge in [-0.2, -0.15) is 0 Å². The average Bonchev–Trinajstić information content (AvgIpc) is 2.86. The number of nitrogens with zero attached hydrogens (tertiary/aromatic N) is 1. The Kier molecular flexibility index (Phi) is 7.93. The molecule has 0 radical (unpaired) electrons. The van der Waals surface area contributed by atoms with Gasteiger partial charge in [0.25, 0.3) is 11.8 Å². The van der Waals surface area contributed by atoms with Gasteiger partial charge in [0.15, 0.2) is 11.5 Å². The second-order valence-electron chi connectivity index (χ2n) is 8.20. The van der Waals surface area contributed by atoms with Crippen LogP contribution in [0.2, 0.25) is 0 Å². The number of carbonyl (C=O) groups excluding carboxylic acids is 3. The number of amides is 4. The quantitative estimate of drug-likeness (QED) is 0.290. The third-order valence-electron chi connectivity index (χ3n) is 5.54. The first-order valence-corrected chi connectivity index (χ1v) is 12.3. The monoisotopic (exact) mass is 564 g/mol. The summed E-state index contributed by atoms with van der Waals surface area (Å²) in [5.74, 6) is -0.0294. The van der Waals surface area contributed by atoms with Crippen LogP contribution in [0.5, 0.6) is 17.2 Å². The predicted molar refractivity (Wildman–Crippen MR) is 143 cm³/mol.